The fourth-order valence-electron chi connectivity index (χ4n) is 1.16. The zero-order valence-electron chi connectivity index (χ0n) is 9.77. The van der Waals surface area contributed by atoms with Gasteiger partial charge in [0.1, 0.15) is 0 Å². The molecule has 0 saturated carbocycles. The Labute approximate surface area is 101 Å². The Morgan fingerprint density at radius 2 is 2.00 bits per heavy atom. The van der Waals surface area contributed by atoms with E-state index < -0.39 is 0 Å². The maximum absolute atomic E-state index is 11.1. The van der Waals surface area contributed by atoms with Crippen LogP contribution in [0.25, 0.3) is 0 Å². The van der Waals surface area contributed by atoms with Crippen LogP contribution in [-0.2, 0) is 9.53 Å². The number of thioether (sulfide) groups is 1. The van der Waals surface area contributed by atoms with Crippen LogP contribution >= 0.6 is 11.8 Å². The smallest absolute Gasteiger partial charge is 0.330 e. The number of carbonyl (C=O) groups is 1. The van der Waals surface area contributed by atoms with Crippen molar-refractivity contribution >= 4 is 17.7 Å². The predicted octanol–water partition coefficient (Wildman–Crippen LogP) is 3.29. The summed E-state index contributed by atoms with van der Waals surface area (Å²) in [5, 5.41) is 0.265. The quantitative estimate of drug-likeness (QED) is 0.456. The van der Waals surface area contributed by atoms with Gasteiger partial charge in [0.15, 0.2) is 0 Å². The predicted molar refractivity (Wildman–Crippen MR) is 67.5 cm³/mol. The van der Waals surface area contributed by atoms with Gasteiger partial charge in [-0.15, -0.1) is 11.8 Å². The number of rotatable bonds is 4. The van der Waals surface area contributed by atoms with Crippen LogP contribution in [0.3, 0.4) is 0 Å². The van der Waals surface area contributed by atoms with Crippen LogP contribution in [0.2, 0.25) is 0 Å². The van der Waals surface area contributed by atoms with Gasteiger partial charge in [0.2, 0.25) is 0 Å². The molecule has 1 aromatic carbocycles. The minimum Gasteiger partial charge on any atom is -0.466 e. The maximum atomic E-state index is 11.1. The van der Waals surface area contributed by atoms with Crippen LogP contribution in [0.15, 0.2) is 46.9 Å². The third-order valence-electron chi connectivity index (χ3n) is 2.24. The second kappa shape index (κ2) is 6.38. The molecule has 16 heavy (non-hydrogen) atoms. The minimum absolute atomic E-state index is 0.265. The monoisotopic (exact) mass is 236 g/mol. The van der Waals surface area contributed by atoms with Gasteiger partial charge in [0, 0.05) is 16.2 Å². The Morgan fingerprint density at radius 3 is 2.56 bits per heavy atom. The lowest BCUT2D eigenvalue weighted by Crippen LogP contribution is -2.03. The van der Waals surface area contributed by atoms with E-state index in [1.54, 1.807) is 17.8 Å². The van der Waals surface area contributed by atoms with E-state index in [2.05, 4.69) is 23.8 Å². The van der Waals surface area contributed by atoms with Crippen molar-refractivity contribution in [2.45, 2.75) is 24.0 Å². The Hall–Kier alpha value is -1.22. The van der Waals surface area contributed by atoms with Crippen LogP contribution in [0.4, 0.5) is 0 Å². The first kappa shape index (κ1) is 12.8. The summed E-state index contributed by atoms with van der Waals surface area (Å²) < 4.78 is 4.60. The molecule has 0 aliphatic rings. The molecule has 2 nitrogen and oxygen atoms in total. The molecule has 0 aliphatic carbocycles. The van der Waals surface area contributed by atoms with Crippen molar-refractivity contribution < 1.29 is 9.53 Å². The van der Waals surface area contributed by atoms with Crippen LogP contribution in [0.1, 0.15) is 13.8 Å². The molecule has 1 atom stereocenters. The number of benzene rings is 1. The van der Waals surface area contributed by atoms with Crippen LogP contribution in [-0.4, -0.2) is 18.3 Å². The van der Waals surface area contributed by atoms with E-state index in [-0.39, 0.29) is 11.2 Å². The van der Waals surface area contributed by atoms with E-state index in [4.69, 9.17) is 0 Å². The summed E-state index contributed by atoms with van der Waals surface area (Å²) in [6, 6.07) is 10.1. The van der Waals surface area contributed by atoms with E-state index in [0.29, 0.717) is 0 Å². The fourth-order valence-corrected chi connectivity index (χ4v) is 2.13. The van der Waals surface area contributed by atoms with Crippen LogP contribution in [0, 0.1) is 0 Å². The molecule has 0 spiro atoms. The third kappa shape index (κ3) is 4.11. The van der Waals surface area contributed by atoms with Crippen molar-refractivity contribution in [2.75, 3.05) is 7.11 Å². The van der Waals surface area contributed by atoms with Crippen molar-refractivity contribution in [3.05, 3.63) is 42.0 Å². The molecule has 1 unspecified atom stereocenters. The highest BCUT2D eigenvalue weighted by Crippen LogP contribution is 2.27. The summed E-state index contributed by atoms with van der Waals surface area (Å²) in [5.74, 6) is -0.294. The second-order valence-electron chi connectivity index (χ2n) is 3.48. The number of methoxy groups -OCH3 is 1. The van der Waals surface area contributed by atoms with Crippen molar-refractivity contribution in [3.8, 4) is 0 Å². The van der Waals surface area contributed by atoms with E-state index in [0.717, 1.165) is 5.57 Å². The molecular formula is C13H16O2S. The number of esters is 1. The van der Waals surface area contributed by atoms with Gasteiger partial charge in [0.25, 0.3) is 0 Å². The Kier molecular flexibility index (Phi) is 5.12. The SMILES string of the molecule is COC(=O)/C=C(\C)C(C)Sc1ccccc1. The Balaban J connectivity index is 2.62. The van der Waals surface area contributed by atoms with Gasteiger partial charge in [-0.3, -0.25) is 0 Å². The molecule has 0 radical (unpaired) electrons. The number of carbonyl (C=O) groups excluding carboxylic acids is 1. The van der Waals surface area contributed by atoms with Gasteiger partial charge in [-0.25, -0.2) is 4.79 Å². The number of hydrogen-bond donors (Lipinski definition) is 0. The average molecular weight is 236 g/mol. The van der Waals surface area contributed by atoms with Crippen molar-refractivity contribution in [1.29, 1.82) is 0 Å². The molecule has 3 heteroatoms. The van der Waals surface area contributed by atoms with Gasteiger partial charge in [-0.1, -0.05) is 23.8 Å². The third-order valence-corrected chi connectivity index (χ3v) is 3.51. The summed E-state index contributed by atoms with van der Waals surface area (Å²) in [6.45, 7) is 4.02. The molecule has 0 fully saturated rings. The van der Waals surface area contributed by atoms with Gasteiger partial charge < -0.3 is 4.74 Å². The Morgan fingerprint density at radius 1 is 1.38 bits per heavy atom. The Bertz CT molecular complexity index is 371. The first-order valence-electron chi connectivity index (χ1n) is 5.11. The number of ether oxygens (including phenoxy) is 1. The first-order valence-corrected chi connectivity index (χ1v) is 5.99. The topological polar surface area (TPSA) is 26.3 Å². The van der Waals surface area contributed by atoms with Gasteiger partial charge in [0.05, 0.1) is 7.11 Å². The van der Waals surface area contributed by atoms with E-state index in [1.165, 1.54) is 12.0 Å². The van der Waals surface area contributed by atoms with Crippen molar-refractivity contribution in [3.63, 3.8) is 0 Å². The average Bonchev–Trinajstić information content (AvgIpc) is 2.30. The molecule has 0 aliphatic heterocycles. The summed E-state index contributed by atoms with van der Waals surface area (Å²) >= 11 is 1.73. The van der Waals surface area contributed by atoms with Crippen LogP contribution in [0.5, 0.6) is 0 Å². The molecule has 1 rings (SSSR count). The lowest BCUT2D eigenvalue weighted by atomic mass is 10.2. The summed E-state index contributed by atoms with van der Waals surface area (Å²) in [4.78, 5) is 12.3. The minimum atomic E-state index is -0.294. The fraction of sp³-hybridized carbons (Fsp3) is 0.308. The molecule has 0 bridgehead atoms. The molecule has 0 aromatic heterocycles. The largest absolute Gasteiger partial charge is 0.466 e. The van der Waals surface area contributed by atoms with E-state index >= 15 is 0 Å². The van der Waals surface area contributed by atoms with Gasteiger partial charge in [-0.05, 0) is 26.0 Å². The standard InChI is InChI=1S/C13H16O2S/c1-10(9-13(14)15-3)11(2)16-12-7-5-4-6-8-12/h4-9,11H,1-3H3/b10-9+. The normalized spacial score (nSPS) is 13.3. The zero-order chi connectivity index (χ0) is 12.0. The molecule has 0 amide bonds. The number of hydrogen-bond acceptors (Lipinski definition) is 3. The molecule has 86 valence electrons. The van der Waals surface area contributed by atoms with Gasteiger partial charge in [-0.2, -0.15) is 0 Å². The van der Waals surface area contributed by atoms with Crippen molar-refractivity contribution in [2.24, 2.45) is 0 Å². The zero-order valence-corrected chi connectivity index (χ0v) is 10.6. The lowest BCUT2D eigenvalue weighted by molar-refractivity contribution is -0.134. The molecule has 0 heterocycles. The first-order chi connectivity index (χ1) is 7.63. The highest BCUT2D eigenvalue weighted by atomic mass is 32.2. The lowest BCUT2D eigenvalue weighted by Gasteiger charge is -2.11. The molecule has 0 N–H and O–H groups in total. The van der Waals surface area contributed by atoms with Crippen molar-refractivity contribution in [1.82, 2.24) is 0 Å². The van der Waals surface area contributed by atoms with E-state index in [9.17, 15) is 4.79 Å². The second-order valence-corrected chi connectivity index (χ2v) is 4.90. The van der Waals surface area contributed by atoms with Gasteiger partial charge >= 0.3 is 5.97 Å². The van der Waals surface area contributed by atoms with E-state index in [1.807, 2.05) is 25.1 Å². The summed E-state index contributed by atoms with van der Waals surface area (Å²) in [7, 11) is 1.39. The summed E-state index contributed by atoms with van der Waals surface area (Å²) in [5.41, 5.74) is 1.01. The molecule has 0 saturated heterocycles. The van der Waals surface area contributed by atoms with Crippen LogP contribution < -0.4 is 0 Å². The highest BCUT2D eigenvalue weighted by Gasteiger charge is 2.08. The molecule has 1 aromatic rings. The maximum Gasteiger partial charge on any atom is 0.330 e. The highest BCUT2D eigenvalue weighted by molar-refractivity contribution is 8.00. The summed E-state index contributed by atoms with van der Waals surface area (Å²) in [6.07, 6.45) is 1.54. The molecular weight excluding hydrogens is 220 g/mol.